The maximum absolute atomic E-state index is 3.07. The third-order valence-corrected chi connectivity index (χ3v) is 0.553. The monoisotopic (exact) mass is 92.1 g/mol. The zero-order valence-corrected chi connectivity index (χ0v) is 4.49. The zero-order valence-electron chi connectivity index (χ0n) is 4.49. The van der Waals surface area contributed by atoms with Gasteiger partial charge in [0, 0.05) is 6.42 Å². The summed E-state index contributed by atoms with van der Waals surface area (Å²) in [5, 5.41) is 0. The molecule has 36 valence electrons. The van der Waals surface area contributed by atoms with Crippen molar-refractivity contribution < 1.29 is 4.99 Å². The van der Waals surface area contributed by atoms with Crippen molar-refractivity contribution in [3.05, 3.63) is 0 Å². The third kappa shape index (κ3) is 3.67. The van der Waals surface area contributed by atoms with Gasteiger partial charge in [-0.1, -0.05) is 6.92 Å². The van der Waals surface area contributed by atoms with Gasteiger partial charge < -0.3 is 0 Å². The molecule has 0 aliphatic rings. The molecule has 0 spiro atoms. The van der Waals surface area contributed by atoms with Crippen LogP contribution in [0.1, 0.15) is 20.3 Å². The smallest absolute Gasteiger partial charge is 0.137 e. The van der Waals surface area contributed by atoms with Crippen LogP contribution >= 0.6 is 0 Å². The molecule has 0 aromatic rings. The van der Waals surface area contributed by atoms with E-state index in [1.54, 1.807) is 0 Å². The number of hydrogen-bond donors (Lipinski definition) is 1. The first-order valence-corrected chi connectivity index (χ1v) is 2.46. The standard InChI is InChI=1S/C5H11N/c1-3-5-6-4-2/h5H,3-4H2,1-2H3/p+1/i1+1,2+1,3+1,4+1,5+1,6+1. The van der Waals surface area contributed by atoms with Crippen LogP contribution in [0.4, 0.5) is 0 Å². The van der Waals surface area contributed by atoms with Crippen LogP contribution in [0.5, 0.6) is 0 Å². The van der Waals surface area contributed by atoms with E-state index in [0.29, 0.717) is 0 Å². The minimum absolute atomic E-state index is 1.05. The SMILES string of the molecule is [13CH3][13CH2][13CH]=[15NH+][13CH2][13CH3]. The molecule has 0 saturated carbocycles. The molecule has 1 nitrogen and oxygen atoms in total. The van der Waals surface area contributed by atoms with E-state index in [1.807, 2.05) is 0 Å². The van der Waals surface area contributed by atoms with Crippen molar-refractivity contribution in [3.8, 4) is 0 Å². The fraction of sp³-hybridized carbons (Fsp3) is 0.800. The van der Waals surface area contributed by atoms with E-state index in [4.69, 9.17) is 0 Å². The lowest BCUT2D eigenvalue weighted by Gasteiger charge is -1.66. The van der Waals surface area contributed by atoms with Gasteiger partial charge in [-0.05, 0) is 6.92 Å². The zero-order chi connectivity index (χ0) is 4.83. The molecular weight excluding hydrogens is 80.0 g/mol. The Balaban J connectivity index is 2.73. The summed E-state index contributed by atoms with van der Waals surface area (Å²) in [6.07, 6.45) is 3.17. The normalized spacial score (nSPS) is 10.3. The molecule has 0 atom stereocenters. The molecular formula is C5H12N+. The highest BCUT2D eigenvalue weighted by Crippen LogP contribution is 1.51. The minimum Gasteiger partial charge on any atom is -0.252 e. The van der Waals surface area contributed by atoms with E-state index in [1.165, 1.54) is 0 Å². The topological polar surface area (TPSA) is 14.0 Å². The lowest BCUT2D eigenvalue weighted by Crippen LogP contribution is -2.67. The fourth-order valence-electron chi connectivity index (χ4n) is 0.289. The van der Waals surface area contributed by atoms with Gasteiger partial charge in [0.05, 0.1) is 0 Å². The summed E-state index contributed by atoms with van der Waals surface area (Å²) in [6, 6.07) is 0. The van der Waals surface area contributed by atoms with Gasteiger partial charge in [-0.15, -0.1) is 0 Å². The second-order valence-electron chi connectivity index (χ2n) is 1.17. The van der Waals surface area contributed by atoms with Gasteiger partial charge >= 0.3 is 0 Å². The van der Waals surface area contributed by atoms with Gasteiger partial charge in [0.25, 0.3) is 0 Å². The quantitative estimate of drug-likeness (QED) is 0.270. The molecule has 0 radical (unpaired) electrons. The molecule has 0 amide bonds. The number of nitrogens with one attached hydrogen (secondary N) is 1. The molecule has 0 unspecified atom stereocenters. The molecule has 1 heteroatoms. The summed E-state index contributed by atoms with van der Waals surface area (Å²) < 4.78 is 0. The predicted molar refractivity (Wildman–Crippen MR) is 27.9 cm³/mol. The van der Waals surface area contributed by atoms with E-state index in [-0.39, 0.29) is 0 Å². The van der Waals surface area contributed by atoms with Crippen molar-refractivity contribution in [2.24, 2.45) is 0 Å². The first-order chi connectivity index (χ1) is 2.91. The molecule has 0 heterocycles. The lowest BCUT2D eigenvalue weighted by molar-refractivity contribution is -0.448. The second-order valence-corrected chi connectivity index (χ2v) is 1.17. The average molecular weight is 92.1 g/mol. The number of rotatable bonds is 2. The van der Waals surface area contributed by atoms with Gasteiger partial charge in [0.15, 0.2) is 0 Å². The van der Waals surface area contributed by atoms with Crippen LogP contribution < -0.4 is 4.99 Å². The summed E-state index contributed by atoms with van der Waals surface area (Å²) in [5.41, 5.74) is 0. The summed E-state index contributed by atoms with van der Waals surface area (Å²) >= 11 is 0. The van der Waals surface area contributed by atoms with Crippen molar-refractivity contribution in [2.75, 3.05) is 6.54 Å². The van der Waals surface area contributed by atoms with E-state index >= 15 is 0 Å². The highest BCUT2D eigenvalue weighted by molar-refractivity contribution is 5.48. The fourth-order valence-corrected chi connectivity index (χ4v) is 0.289. The van der Waals surface area contributed by atoms with Gasteiger partial charge in [0.2, 0.25) is 0 Å². The van der Waals surface area contributed by atoms with E-state index in [9.17, 15) is 0 Å². The Morgan fingerprint density at radius 2 is 2.17 bits per heavy atom. The first-order valence-electron chi connectivity index (χ1n) is 2.46. The molecule has 0 rings (SSSR count). The van der Waals surface area contributed by atoms with E-state index in [2.05, 4.69) is 25.1 Å². The molecule has 6 heavy (non-hydrogen) atoms. The Hall–Kier alpha value is -0.330. The van der Waals surface area contributed by atoms with Crippen molar-refractivity contribution in [1.29, 1.82) is 0 Å². The average Bonchev–Trinajstić information content (AvgIpc) is 1.61. The molecule has 0 aliphatic heterocycles. The van der Waals surface area contributed by atoms with Crippen LogP contribution in [-0.4, -0.2) is 12.8 Å². The Labute approximate surface area is 39.1 Å². The van der Waals surface area contributed by atoms with Crippen LogP contribution in [0.15, 0.2) is 0 Å². The molecule has 0 fully saturated rings. The first kappa shape index (κ1) is 5.67. The Morgan fingerprint density at radius 3 is 2.33 bits per heavy atom. The summed E-state index contributed by atoms with van der Waals surface area (Å²) in [6.45, 7) is 5.25. The van der Waals surface area contributed by atoms with Crippen LogP contribution in [0.2, 0.25) is 0 Å². The molecule has 0 aliphatic carbocycles. The van der Waals surface area contributed by atoms with E-state index < -0.39 is 0 Å². The van der Waals surface area contributed by atoms with Crippen LogP contribution in [0.25, 0.3) is 0 Å². The maximum Gasteiger partial charge on any atom is 0.137 e. The molecule has 0 aromatic carbocycles. The Kier molecular flexibility index (Phi) is 4.41. The predicted octanol–water partition coefficient (Wildman–Crippen LogP) is -0.432. The van der Waals surface area contributed by atoms with Crippen LogP contribution in [-0.2, 0) is 0 Å². The second kappa shape index (κ2) is 4.67. The largest absolute Gasteiger partial charge is 0.252 e. The van der Waals surface area contributed by atoms with Gasteiger partial charge in [-0.3, -0.25) is 4.99 Å². The Bertz CT molecular complexity index is 33.2. The summed E-state index contributed by atoms with van der Waals surface area (Å²) in [7, 11) is 0. The summed E-state index contributed by atoms with van der Waals surface area (Å²) in [4.78, 5) is 3.07. The maximum atomic E-state index is 3.07. The van der Waals surface area contributed by atoms with Gasteiger partial charge in [-0.2, -0.15) is 0 Å². The van der Waals surface area contributed by atoms with Gasteiger partial charge in [-0.25, -0.2) is 0 Å². The highest BCUT2D eigenvalue weighted by Gasteiger charge is 1.67. The molecule has 0 bridgehead atoms. The van der Waals surface area contributed by atoms with Crippen molar-refractivity contribution in [1.82, 2.24) is 0 Å². The number of hydrogen-bond acceptors (Lipinski definition) is 0. The molecule has 1 N–H and O–H groups in total. The van der Waals surface area contributed by atoms with Gasteiger partial charge in [0.1, 0.15) is 12.8 Å². The summed E-state index contributed by atoms with van der Waals surface area (Å²) in [5.74, 6) is 0. The van der Waals surface area contributed by atoms with Crippen LogP contribution in [0.3, 0.4) is 0 Å². The van der Waals surface area contributed by atoms with Crippen LogP contribution in [0, 0.1) is 0 Å². The molecule has 0 saturated heterocycles. The van der Waals surface area contributed by atoms with Crippen molar-refractivity contribution in [2.45, 2.75) is 20.3 Å². The van der Waals surface area contributed by atoms with Crippen molar-refractivity contribution >= 4 is 6.21 Å². The molecule has 0 aromatic heterocycles. The third-order valence-electron chi connectivity index (χ3n) is 0.553. The minimum atomic E-state index is 1.05. The Morgan fingerprint density at radius 1 is 1.50 bits per heavy atom. The lowest BCUT2D eigenvalue weighted by atomic mass is 11.5. The van der Waals surface area contributed by atoms with Crippen molar-refractivity contribution in [3.63, 3.8) is 0 Å². The van der Waals surface area contributed by atoms with E-state index in [0.717, 1.165) is 13.0 Å². The highest BCUT2D eigenvalue weighted by atomic mass is 15.7.